The summed E-state index contributed by atoms with van der Waals surface area (Å²) in [5, 5.41) is 15.0. The van der Waals surface area contributed by atoms with Gasteiger partial charge >= 0.3 is 0 Å². The van der Waals surface area contributed by atoms with Gasteiger partial charge in [-0.3, -0.25) is 5.10 Å². The third-order valence-electron chi connectivity index (χ3n) is 4.55. The van der Waals surface area contributed by atoms with E-state index in [1.807, 2.05) is 19.1 Å². The second-order valence-electron chi connectivity index (χ2n) is 6.63. The average Bonchev–Trinajstić information content (AvgIpc) is 3.50. The Morgan fingerprint density at radius 2 is 2.07 bits per heavy atom. The molecule has 0 saturated heterocycles. The molecule has 0 aliphatic rings. The van der Waals surface area contributed by atoms with Crippen LogP contribution in [0, 0.1) is 0 Å². The first-order chi connectivity index (χ1) is 14.3. The number of benzene rings is 1. The summed E-state index contributed by atoms with van der Waals surface area (Å²) in [7, 11) is 0. The van der Waals surface area contributed by atoms with E-state index in [1.165, 1.54) is 10.9 Å². The molecule has 0 fully saturated rings. The number of nitrogens with one attached hydrogen (secondary N) is 3. The second-order valence-corrected chi connectivity index (χ2v) is 6.63. The summed E-state index contributed by atoms with van der Waals surface area (Å²) in [4.78, 5) is 9.00. The zero-order valence-corrected chi connectivity index (χ0v) is 19.2. The molecule has 0 spiro atoms. The summed E-state index contributed by atoms with van der Waals surface area (Å²) in [5.41, 5.74) is 1.27. The highest BCUT2D eigenvalue weighted by molar-refractivity contribution is 14.0. The Kier molecular flexibility index (Phi) is 7.89. The standard InChI is InChI=1S/C21H25N7O.HI/c1-2-22-21(24-15-19-25-20(27-26-19)18-9-5-14-29-18)23-11-6-12-28-13-10-16-7-3-4-8-17(16)28;/h3-5,7-10,13-14H,2,6,11-12,15H2,1H3,(H2,22,23,24)(H,25,26,27);1H. The molecule has 4 aromatic rings. The molecule has 158 valence electrons. The molecule has 0 aliphatic heterocycles. The van der Waals surface area contributed by atoms with Crippen molar-refractivity contribution in [1.82, 2.24) is 30.4 Å². The van der Waals surface area contributed by atoms with Crippen molar-refractivity contribution in [3.63, 3.8) is 0 Å². The Bertz CT molecular complexity index is 1070. The van der Waals surface area contributed by atoms with Crippen molar-refractivity contribution in [3.05, 3.63) is 60.7 Å². The Morgan fingerprint density at radius 3 is 2.90 bits per heavy atom. The molecule has 0 aliphatic carbocycles. The van der Waals surface area contributed by atoms with Gasteiger partial charge in [-0.2, -0.15) is 0 Å². The van der Waals surface area contributed by atoms with Crippen LogP contribution in [0.2, 0.25) is 0 Å². The third kappa shape index (κ3) is 5.41. The van der Waals surface area contributed by atoms with Crippen molar-refractivity contribution in [3.8, 4) is 11.6 Å². The first kappa shape index (κ1) is 21.9. The zero-order chi connectivity index (χ0) is 19.9. The maximum Gasteiger partial charge on any atom is 0.216 e. The summed E-state index contributed by atoms with van der Waals surface area (Å²) >= 11 is 0. The zero-order valence-electron chi connectivity index (χ0n) is 16.8. The predicted molar refractivity (Wildman–Crippen MR) is 129 cm³/mol. The monoisotopic (exact) mass is 519 g/mol. The molecule has 3 aromatic heterocycles. The van der Waals surface area contributed by atoms with Crippen LogP contribution in [-0.4, -0.2) is 38.8 Å². The van der Waals surface area contributed by atoms with Crippen molar-refractivity contribution >= 4 is 40.8 Å². The number of H-pyrrole nitrogens is 1. The van der Waals surface area contributed by atoms with Crippen molar-refractivity contribution in [2.45, 2.75) is 26.4 Å². The number of para-hydroxylation sites is 1. The Hall–Kier alpha value is -2.82. The minimum absolute atomic E-state index is 0. The second kappa shape index (κ2) is 10.8. The lowest BCUT2D eigenvalue weighted by molar-refractivity contribution is 0.577. The molecular weight excluding hydrogens is 493 g/mol. The minimum atomic E-state index is 0. The van der Waals surface area contributed by atoms with Crippen LogP contribution < -0.4 is 10.6 Å². The van der Waals surface area contributed by atoms with Crippen LogP contribution in [0.4, 0.5) is 0 Å². The van der Waals surface area contributed by atoms with E-state index >= 15 is 0 Å². The number of fused-ring (bicyclic) bond motifs is 1. The number of halogens is 1. The number of aromatic amines is 1. The molecule has 3 N–H and O–H groups in total. The fraction of sp³-hybridized carbons (Fsp3) is 0.286. The normalized spacial score (nSPS) is 11.4. The lowest BCUT2D eigenvalue weighted by atomic mass is 10.2. The lowest BCUT2D eigenvalue weighted by Crippen LogP contribution is -2.38. The number of aromatic nitrogens is 4. The molecule has 8 nitrogen and oxygen atoms in total. The van der Waals surface area contributed by atoms with Crippen LogP contribution in [0.15, 0.2) is 64.3 Å². The van der Waals surface area contributed by atoms with Crippen LogP contribution >= 0.6 is 24.0 Å². The number of furan rings is 1. The lowest BCUT2D eigenvalue weighted by Gasteiger charge is -2.11. The largest absolute Gasteiger partial charge is 0.461 e. The van der Waals surface area contributed by atoms with Gasteiger partial charge in [-0.15, -0.1) is 29.1 Å². The summed E-state index contributed by atoms with van der Waals surface area (Å²) in [6.07, 6.45) is 4.74. The van der Waals surface area contributed by atoms with Gasteiger partial charge in [0.2, 0.25) is 5.82 Å². The van der Waals surface area contributed by atoms with E-state index in [0.717, 1.165) is 32.0 Å². The van der Waals surface area contributed by atoms with Gasteiger partial charge in [0.15, 0.2) is 11.7 Å². The highest BCUT2D eigenvalue weighted by atomic mass is 127. The van der Waals surface area contributed by atoms with Gasteiger partial charge in [0, 0.05) is 31.3 Å². The van der Waals surface area contributed by atoms with Crippen LogP contribution in [0.5, 0.6) is 0 Å². The van der Waals surface area contributed by atoms with Gasteiger partial charge in [-0.05, 0) is 43.0 Å². The molecule has 0 radical (unpaired) electrons. The molecule has 0 atom stereocenters. The van der Waals surface area contributed by atoms with Crippen LogP contribution in [0.25, 0.3) is 22.5 Å². The number of hydrogen-bond acceptors (Lipinski definition) is 4. The molecule has 9 heteroatoms. The number of rotatable bonds is 8. The van der Waals surface area contributed by atoms with Gasteiger partial charge in [0.05, 0.1) is 6.26 Å². The summed E-state index contributed by atoms with van der Waals surface area (Å²) in [6, 6.07) is 14.2. The SMILES string of the molecule is CCNC(=NCc1nc(-c2ccco2)n[nH]1)NCCCn1ccc2ccccc21.I. The summed E-state index contributed by atoms with van der Waals surface area (Å²) < 4.78 is 7.60. The molecule has 4 rings (SSSR count). The van der Waals surface area contributed by atoms with E-state index in [4.69, 9.17) is 4.42 Å². The van der Waals surface area contributed by atoms with E-state index in [1.54, 1.807) is 6.26 Å². The van der Waals surface area contributed by atoms with Gasteiger partial charge in [0.1, 0.15) is 12.4 Å². The average molecular weight is 519 g/mol. The first-order valence-corrected chi connectivity index (χ1v) is 9.84. The molecule has 0 unspecified atom stereocenters. The fourth-order valence-electron chi connectivity index (χ4n) is 3.17. The molecule has 1 aromatic carbocycles. The highest BCUT2D eigenvalue weighted by Crippen LogP contribution is 2.15. The molecule has 30 heavy (non-hydrogen) atoms. The number of hydrogen-bond donors (Lipinski definition) is 3. The van der Waals surface area contributed by atoms with Gasteiger partial charge < -0.3 is 19.6 Å². The molecule has 0 saturated carbocycles. The quantitative estimate of drug-likeness (QED) is 0.143. The predicted octanol–water partition coefficient (Wildman–Crippen LogP) is 3.78. The maximum atomic E-state index is 5.31. The van der Waals surface area contributed by atoms with Crippen LogP contribution in [0.1, 0.15) is 19.2 Å². The molecule has 3 heterocycles. The topological polar surface area (TPSA) is 96.1 Å². The number of guanidine groups is 1. The van der Waals surface area contributed by atoms with Crippen molar-refractivity contribution < 1.29 is 4.42 Å². The number of nitrogens with zero attached hydrogens (tertiary/aromatic N) is 4. The van der Waals surface area contributed by atoms with E-state index < -0.39 is 0 Å². The van der Waals surface area contributed by atoms with Gasteiger partial charge in [-0.1, -0.05) is 18.2 Å². The van der Waals surface area contributed by atoms with Crippen LogP contribution in [0.3, 0.4) is 0 Å². The van der Waals surface area contributed by atoms with Gasteiger partial charge in [-0.25, -0.2) is 9.98 Å². The van der Waals surface area contributed by atoms with Crippen molar-refractivity contribution in [2.24, 2.45) is 4.99 Å². The fourth-order valence-corrected chi connectivity index (χ4v) is 3.17. The van der Waals surface area contributed by atoms with E-state index in [2.05, 4.69) is 71.9 Å². The Balaban J connectivity index is 0.00000256. The van der Waals surface area contributed by atoms with E-state index in [0.29, 0.717) is 24.0 Å². The molecule has 0 amide bonds. The van der Waals surface area contributed by atoms with Crippen molar-refractivity contribution in [2.75, 3.05) is 13.1 Å². The van der Waals surface area contributed by atoms with E-state index in [-0.39, 0.29) is 24.0 Å². The molecular formula is C21H26IN7O. The summed E-state index contributed by atoms with van der Waals surface area (Å²) in [6.45, 7) is 5.03. The minimum Gasteiger partial charge on any atom is -0.461 e. The number of aryl methyl sites for hydroxylation is 1. The maximum absolute atomic E-state index is 5.31. The van der Waals surface area contributed by atoms with Crippen LogP contribution in [-0.2, 0) is 13.1 Å². The van der Waals surface area contributed by atoms with E-state index in [9.17, 15) is 0 Å². The smallest absolute Gasteiger partial charge is 0.216 e. The van der Waals surface area contributed by atoms with Crippen molar-refractivity contribution in [1.29, 1.82) is 0 Å². The number of aliphatic imine (C=N–C) groups is 1. The Morgan fingerprint density at radius 1 is 1.17 bits per heavy atom. The highest BCUT2D eigenvalue weighted by Gasteiger charge is 2.08. The summed E-state index contributed by atoms with van der Waals surface area (Å²) in [5.74, 6) is 2.63. The third-order valence-corrected chi connectivity index (χ3v) is 4.55. The Labute approximate surface area is 192 Å². The van der Waals surface area contributed by atoms with Gasteiger partial charge in [0.25, 0.3) is 0 Å². The first-order valence-electron chi connectivity index (χ1n) is 9.84. The molecule has 0 bridgehead atoms.